The van der Waals surface area contributed by atoms with Crippen LogP contribution in [-0.4, -0.2) is 14.8 Å². The van der Waals surface area contributed by atoms with Gasteiger partial charge in [0.15, 0.2) is 0 Å². The van der Waals surface area contributed by atoms with Crippen molar-refractivity contribution in [3.05, 3.63) is 65.0 Å². The molecule has 0 saturated carbocycles. The summed E-state index contributed by atoms with van der Waals surface area (Å²) in [5.41, 5.74) is 2.83. The molecule has 115 valence electrons. The van der Waals surface area contributed by atoms with Gasteiger partial charge in [-0.1, -0.05) is 38.5 Å². The molecule has 0 bridgehead atoms. The van der Waals surface area contributed by atoms with Gasteiger partial charge in [0.25, 0.3) is 5.56 Å². The lowest BCUT2D eigenvalue weighted by Gasteiger charge is -2.10. The molecule has 2 heterocycles. The van der Waals surface area contributed by atoms with Gasteiger partial charge >= 0.3 is 0 Å². The third-order valence-electron chi connectivity index (χ3n) is 3.50. The fourth-order valence-electron chi connectivity index (χ4n) is 2.12. The summed E-state index contributed by atoms with van der Waals surface area (Å²) < 4.78 is 1.53. The second kappa shape index (κ2) is 7.69. The average molecular weight is 296 g/mol. The summed E-state index contributed by atoms with van der Waals surface area (Å²) in [5.74, 6) is 0.488. The van der Waals surface area contributed by atoms with Crippen molar-refractivity contribution in [1.29, 1.82) is 0 Å². The van der Waals surface area contributed by atoms with E-state index in [0.29, 0.717) is 12.5 Å². The maximum atomic E-state index is 11.9. The number of rotatable bonds is 5. The Morgan fingerprint density at radius 3 is 2.55 bits per heavy atom. The SMILES string of the molecule is CC.C[C@H](CCn1nc(-c2ccccn2)ccc1=O)C1=C[CH]1. The second-order valence-corrected chi connectivity index (χ2v) is 5.02. The Morgan fingerprint density at radius 1 is 1.14 bits per heavy atom. The molecule has 0 aromatic carbocycles. The molecule has 0 fully saturated rings. The highest BCUT2D eigenvalue weighted by Gasteiger charge is 2.16. The Labute approximate surface area is 131 Å². The Kier molecular flexibility index (Phi) is 5.64. The lowest BCUT2D eigenvalue weighted by molar-refractivity contribution is 0.493. The van der Waals surface area contributed by atoms with E-state index in [0.717, 1.165) is 17.8 Å². The number of aromatic nitrogens is 3. The van der Waals surface area contributed by atoms with Gasteiger partial charge < -0.3 is 0 Å². The lowest BCUT2D eigenvalue weighted by Crippen LogP contribution is -2.23. The summed E-state index contributed by atoms with van der Waals surface area (Å²) in [5, 5.41) is 4.41. The van der Waals surface area contributed by atoms with Crippen LogP contribution in [-0.2, 0) is 6.54 Å². The summed E-state index contributed by atoms with van der Waals surface area (Å²) in [7, 11) is 0. The molecule has 0 unspecified atom stereocenters. The maximum Gasteiger partial charge on any atom is 0.266 e. The Balaban J connectivity index is 0.000000847. The normalized spacial score (nSPS) is 13.7. The fraction of sp³-hybridized carbons (Fsp3) is 0.333. The number of hydrogen-bond acceptors (Lipinski definition) is 3. The number of allylic oxidation sites excluding steroid dienone is 2. The van der Waals surface area contributed by atoms with E-state index in [1.165, 1.54) is 10.3 Å². The van der Waals surface area contributed by atoms with Gasteiger partial charge in [-0.2, -0.15) is 5.10 Å². The Bertz CT molecular complexity index is 689. The highest BCUT2D eigenvalue weighted by Crippen LogP contribution is 2.28. The van der Waals surface area contributed by atoms with E-state index in [1.54, 1.807) is 18.3 Å². The minimum atomic E-state index is -0.0642. The number of pyridine rings is 1. The molecule has 0 saturated heterocycles. The first-order valence-corrected chi connectivity index (χ1v) is 7.78. The topological polar surface area (TPSA) is 47.8 Å². The molecule has 4 heteroatoms. The van der Waals surface area contributed by atoms with E-state index in [9.17, 15) is 4.79 Å². The summed E-state index contributed by atoms with van der Waals surface area (Å²) in [6.07, 6.45) is 6.88. The van der Waals surface area contributed by atoms with Crippen molar-refractivity contribution < 1.29 is 0 Å². The predicted octanol–water partition coefficient (Wildman–Crippen LogP) is 3.50. The first-order valence-electron chi connectivity index (χ1n) is 7.78. The molecule has 0 spiro atoms. The largest absolute Gasteiger partial charge is 0.268 e. The quantitative estimate of drug-likeness (QED) is 0.848. The zero-order valence-electron chi connectivity index (χ0n) is 13.4. The van der Waals surface area contributed by atoms with Gasteiger partial charge in [-0.15, -0.1) is 0 Å². The molecular weight excluding hydrogens is 274 g/mol. The van der Waals surface area contributed by atoms with E-state index in [2.05, 4.69) is 29.5 Å². The van der Waals surface area contributed by atoms with E-state index in [-0.39, 0.29) is 5.56 Å². The Morgan fingerprint density at radius 2 is 1.91 bits per heavy atom. The zero-order chi connectivity index (χ0) is 15.9. The molecule has 0 aliphatic heterocycles. The van der Waals surface area contributed by atoms with Crippen molar-refractivity contribution in [2.24, 2.45) is 5.92 Å². The van der Waals surface area contributed by atoms with Gasteiger partial charge in [0.05, 0.1) is 5.69 Å². The van der Waals surface area contributed by atoms with Gasteiger partial charge in [0.1, 0.15) is 5.69 Å². The van der Waals surface area contributed by atoms with Gasteiger partial charge in [-0.3, -0.25) is 9.78 Å². The molecule has 3 rings (SSSR count). The molecule has 2 aromatic heterocycles. The van der Waals surface area contributed by atoms with E-state index < -0.39 is 0 Å². The van der Waals surface area contributed by atoms with E-state index >= 15 is 0 Å². The summed E-state index contributed by atoms with van der Waals surface area (Å²) in [6.45, 7) is 6.80. The molecule has 1 aliphatic carbocycles. The molecule has 2 aromatic rings. The smallest absolute Gasteiger partial charge is 0.266 e. The molecule has 0 N–H and O–H groups in total. The van der Waals surface area contributed by atoms with Gasteiger partial charge in [0.2, 0.25) is 0 Å². The number of hydrogen-bond donors (Lipinski definition) is 0. The lowest BCUT2D eigenvalue weighted by atomic mass is 10.1. The molecule has 22 heavy (non-hydrogen) atoms. The number of aryl methyl sites for hydroxylation is 1. The number of nitrogens with zero attached hydrogens (tertiary/aromatic N) is 3. The third kappa shape index (κ3) is 4.13. The van der Waals surface area contributed by atoms with E-state index in [4.69, 9.17) is 0 Å². The monoisotopic (exact) mass is 296 g/mol. The molecule has 0 amide bonds. The van der Waals surface area contributed by atoms with Crippen LogP contribution in [0, 0.1) is 12.3 Å². The van der Waals surface area contributed by atoms with E-state index in [1.807, 2.05) is 32.0 Å². The predicted molar refractivity (Wildman–Crippen MR) is 89.2 cm³/mol. The fourth-order valence-corrected chi connectivity index (χ4v) is 2.12. The van der Waals surface area contributed by atoms with Crippen LogP contribution < -0.4 is 5.56 Å². The van der Waals surface area contributed by atoms with Crippen LogP contribution in [0.1, 0.15) is 27.2 Å². The zero-order valence-corrected chi connectivity index (χ0v) is 13.4. The average Bonchev–Trinajstić information content (AvgIpc) is 3.41. The van der Waals surface area contributed by atoms with Crippen LogP contribution in [0.3, 0.4) is 0 Å². The summed E-state index contributed by atoms with van der Waals surface area (Å²) in [6, 6.07) is 8.95. The summed E-state index contributed by atoms with van der Waals surface area (Å²) in [4.78, 5) is 16.1. The maximum absolute atomic E-state index is 11.9. The van der Waals surface area contributed by atoms with Crippen molar-refractivity contribution in [2.45, 2.75) is 33.7 Å². The molecule has 1 atom stereocenters. The van der Waals surface area contributed by atoms with Crippen LogP contribution >= 0.6 is 0 Å². The van der Waals surface area contributed by atoms with Crippen LogP contribution in [0.5, 0.6) is 0 Å². The Hall–Kier alpha value is -2.23. The van der Waals surface area contributed by atoms with Gasteiger partial charge in [-0.25, -0.2) is 4.68 Å². The van der Waals surface area contributed by atoms with Crippen molar-refractivity contribution >= 4 is 0 Å². The van der Waals surface area contributed by atoms with Crippen LogP contribution in [0.15, 0.2) is 53.0 Å². The standard InChI is InChI=1S/C16H16N3O.C2H6/c1-12(13-5-6-13)9-11-19-16(20)8-7-15(18-19)14-4-2-3-10-17-14;1-2/h2-8,10,12H,9,11H2,1H3;1-2H3/t12-;/m1./s1. The van der Waals surface area contributed by atoms with Gasteiger partial charge in [-0.05, 0) is 30.5 Å². The van der Waals surface area contributed by atoms with Crippen molar-refractivity contribution in [2.75, 3.05) is 0 Å². The molecule has 1 radical (unpaired) electrons. The summed E-state index contributed by atoms with van der Waals surface area (Å²) >= 11 is 0. The first kappa shape index (κ1) is 16.1. The minimum absolute atomic E-state index is 0.0642. The van der Waals surface area contributed by atoms with Crippen molar-refractivity contribution in [3.63, 3.8) is 0 Å². The van der Waals surface area contributed by atoms with Crippen LogP contribution in [0.25, 0.3) is 11.4 Å². The minimum Gasteiger partial charge on any atom is -0.268 e. The third-order valence-corrected chi connectivity index (χ3v) is 3.50. The molecule has 1 aliphatic rings. The van der Waals surface area contributed by atoms with Crippen LogP contribution in [0.4, 0.5) is 0 Å². The second-order valence-electron chi connectivity index (χ2n) is 5.02. The van der Waals surface area contributed by atoms with Crippen LogP contribution in [0.2, 0.25) is 0 Å². The highest BCUT2D eigenvalue weighted by molar-refractivity contribution is 5.52. The molecular formula is C18H22N3O. The molecule has 4 nitrogen and oxygen atoms in total. The van der Waals surface area contributed by atoms with Crippen molar-refractivity contribution in [3.8, 4) is 11.4 Å². The van der Waals surface area contributed by atoms with Crippen molar-refractivity contribution in [1.82, 2.24) is 14.8 Å². The van der Waals surface area contributed by atoms with Gasteiger partial charge in [0, 0.05) is 25.2 Å². The first-order chi connectivity index (χ1) is 10.7. The highest BCUT2D eigenvalue weighted by atomic mass is 16.1.